The molecule has 31 heavy (non-hydrogen) atoms. The number of allylic oxidation sites excluding steroid dienone is 4. The lowest BCUT2D eigenvalue weighted by Crippen LogP contribution is -2.21. The van der Waals surface area contributed by atoms with Crippen molar-refractivity contribution in [3.8, 4) is 0 Å². The maximum absolute atomic E-state index is 8.74. The normalized spacial score (nSPS) is 14.3. The lowest BCUT2D eigenvalue weighted by Gasteiger charge is -2.15. The zero-order chi connectivity index (χ0) is 24.0. The molecule has 0 saturated carbocycles. The van der Waals surface area contributed by atoms with E-state index >= 15 is 0 Å². The molecule has 0 aliphatic heterocycles. The Balaban J connectivity index is -0.000000490. The van der Waals surface area contributed by atoms with Gasteiger partial charge < -0.3 is 20.1 Å². The van der Waals surface area contributed by atoms with Gasteiger partial charge in [0.25, 0.3) is 0 Å². The van der Waals surface area contributed by atoms with E-state index in [0.717, 1.165) is 0 Å². The van der Waals surface area contributed by atoms with Gasteiger partial charge in [-0.15, -0.1) is 0 Å². The molecular weight excluding hydrogens is 396 g/mol. The number of hydrogen-bond donors (Lipinski definition) is 2. The second-order valence-electron chi connectivity index (χ2n) is 7.50. The van der Waals surface area contributed by atoms with E-state index in [-0.39, 0.29) is 19.3 Å². The second kappa shape index (κ2) is 17.1. The van der Waals surface area contributed by atoms with E-state index < -0.39 is 0 Å². The summed E-state index contributed by atoms with van der Waals surface area (Å²) in [6.07, 6.45) is 0. The van der Waals surface area contributed by atoms with Gasteiger partial charge in [0.05, 0.1) is 0 Å². The molecule has 0 aliphatic carbocycles. The van der Waals surface area contributed by atoms with Crippen molar-refractivity contribution in [1.82, 2.24) is 0 Å². The minimum Gasteiger partial charge on any atom is -0.411 e. The molecule has 0 amide bonds. The highest BCUT2D eigenvalue weighted by Crippen LogP contribution is 2.18. The van der Waals surface area contributed by atoms with E-state index in [1.54, 1.807) is 13.8 Å². The van der Waals surface area contributed by atoms with E-state index in [1.165, 1.54) is 36.5 Å². The van der Waals surface area contributed by atoms with Gasteiger partial charge in [-0.05, 0) is 55.4 Å². The molecule has 0 rings (SSSR count). The smallest absolute Gasteiger partial charge is 0.111 e. The summed E-state index contributed by atoms with van der Waals surface area (Å²) in [5.74, 6) is 0.177. The third-order valence-electron chi connectivity index (χ3n) is 5.12. The Morgan fingerprint density at radius 1 is 0.613 bits per heavy atom. The maximum Gasteiger partial charge on any atom is 0.111 e. The number of nitrogens with zero attached hydrogens (tertiary/aromatic N) is 4. The molecule has 0 saturated heterocycles. The third kappa shape index (κ3) is 11.4. The van der Waals surface area contributed by atoms with Gasteiger partial charge in [-0.2, -0.15) is 0 Å². The summed E-state index contributed by atoms with van der Waals surface area (Å²) in [5, 5.41) is 31.6. The molecular formula is C23H44N4O4. The van der Waals surface area contributed by atoms with Crippen molar-refractivity contribution in [1.29, 1.82) is 0 Å². The highest BCUT2D eigenvalue weighted by molar-refractivity contribution is 6.42. The quantitative estimate of drug-likeness (QED) is 0.200. The SMILES string of the molecule is C.CO/N=C(/C(C)=N/O)C(C)C(C)=C(C)C.CO/N=C(/C(C)=N/O)C(C)C(C)=C(C)C. The Kier molecular flexibility index (Phi) is 18.2. The zero-order valence-electron chi connectivity index (χ0n) is 20.7. The van der Waals surface area contributed by atoms with Gasteiger partial charge in [0.2, 0.25) is 0 Å². The molecule has 0 aromatic heterocycles. The summed E-state index contributed by atoms with van der Waals surface area (Å²) in [7, 11) is 2.96. The summed E-state index contributed by atoms with van der Waals surface area (Å²) in [6.45, 7) is 19.7. The molecule has 0 aromatic carbocycles. The fourth-order valence-corrected chi connectivity index (χ4v) is 2.49. The van der Waals surface area contributed by atoms with Gasteiger partial charge in [0.15, 0.2) is 0 Å². The first-order chi connectivity index (χ1) is 13.9. The van der Waals surface area contributed by atoms with Crippen molar-refractivity contribution in [2.75, 3.05) is 14.2 Å². The van der Waals surface area contributed by atoms with Gasteiger partial charge in [0, 0.05) is 11.8 Å². The third-order valence-corrected chi connectivity index (χ3v) is 5.12. The molecule has 8 nitrogen and oxygen atoms in total. The monoisotopic (exact) mass is 440 g/mol. The highest BCUT2D eigenvalue weighted by atomic mass is 16.6. The first kappa shape index (κ1) is 33.0. The van der Waals surface area contributed by atoms with Crippen molar-refractivity contribution >= 4 is 22.8 Å². The Morgan fingerprint density at radius 3 is 1.03 bits per heavy atom. The lowest BCUT2D eigenvalue weighted by atomic mass is 9.92. The minimum atomic E-state index is 0. The van der Waals surface area contributed by atoms with Crippen LogP contribution in [0.1, 0.15) is 76.7 Å². The predicted molar refractivity (Wildman–Crippen MR) is 132 cm³/mol. The summed E-state index contributed by atoms with van der Waals surface area (Å²) in [6, 6.07) is 0. The number of hydrogen-bond acceptors (Lipinski definition) is 8. The Bertz CT molecular complexity index is 662. The van der Waals surface area contributed by atoms with E-state index in [0.29, 0.717) is 22.8 Å². The second-order valence-corrected chi connectivity index (χ2v) is 7.50. The van der Waals surface area contributed by atoms with Crippen LogP contribution in [0.25, 0.3) is 0 Å². The van der Waals surface area contributed by atoms with Crippen molar-refractivity contribution in [3.05, 3.63) is 22.3 Å². The van der Waals surface area contributed by atoms with E-state index in [4.69, 9.17) is 20.1 Å². The lowest BCUT2D eigenvalue weighted by molar-refractivity contribution is 0.212. The first-order valence-electron chi connectivity index (χ1n) is 9.79. The molecule has 0 aromatic rings. The number of rotatable bonds is 8. The fraction of sp³-hybridized carbons (Fsp3) is 0.652. The molecule has 0 heterocycles. The van der Waals surface area contributed by atoms with Crippen LogP contribution in [-0.4, -0.2) is 47.5 Å². The van der Waals surface area contributed by atoms with Crippen molar-refractivity contribution < 1.29 is 20.1 Å². The van der Waals surface area contributed by atoms with Crippen molar-refractivity contribution in [2.45, 2.75) is 76.7 Å². The summed E-state index contributed by atoms with van der Waals surface area (Å²) >= 11 is 0. The van der Waals surface area contributed by atoms with E-state index in [2.05, 4.69) is 20.6 Å². The molecule has 0 spiro atoms. The maximum atomic E-state index is 8.74. The summed E-state index contributed by atoms with van der Waals surface area (Å²) in [5.41, 5.74) is 7.13. The van der Waals surface area contributed by atoms with E-state index in [9.17, 15) is 0 Å². The molecule has 0 bridgehead atoms. The average Bonchev–Trinajstić information content (AvgIpc) is 2.72. The predicted octanol–water partition coefficient (Wildman–Crippen LogP) is 6.30. The van der Waals surface area contributed by atoms with Crippen LogP contribution in [0, 0.1) is 11.8 Å². The Morgan fingerprint density at radius 2 is 0.871 bits per heavy atom. The van der Waals surface area contributed by atoms with Crippen molar-refractivity contribution in [2.24, 2.45) is 32.5 Å². The molecule has 2 unspecified atom stereocenters. The number of oxime groups is 4. The van der Waals surface area contributed by atoms with E-state index in [1.807, 2.05) is 55.4 Å². The van der Waals surface area contributed by atoms with Gasteiger partial charge in [-0.25, -0.2) is 0 Å². The fourth-order valence-electron chi connectivity index (χ4n) is 2.49. The molecule has 180 valence electrons. The molecule has 0 radical (unpaired) electrons. The topological polar surface area (TPSA) is 108 Å². The first-order valence-corrected chi connectivity index (χ1v) is 9.79. The minimum absolute atomic E-state index is 0. The molecule has 0 aliphatic rings. The Labute approximate surface area is 189 Å². The van der Waals surface area contributed by atoms with Crippen LogP contribution in [0.2, 0.25) is 0 Å². The summed E-state index contributed by atoms with van der Waals surface area (Å²) < 4.78 is 0. The van der Waals surface area contributed by atoms with Gasteiger partial charge in [-0.1, -0.05) is 64.2 Å². The van der Waals surface area contributed by atoms with Crippen LogP contribution in [0.3, 0.4) is 0 Å². The molecule has 2 atom stereocenters. The van der Waals surface area contributed by atoms with Crippen LogP contribution in [-0.2, 0) is 9.68 Å². The summed E-state index contributed by atoms with van der Waals surface area (Å²) in [4.78, 5) is 9.50. The van der Waals surface area contributed by atoms with Crippen LogP contribution in [0.5, 0.6) is 0 Å². The van der Waals surface area contributed by atoms with Crippen LogP contribution >= 0.6 is 0 Å². The Hall–Kier alpha value is -2.64. The highest BCUT2D eigenvalue weighted by Gasteiger charge is 2.18. The standard InChI is InChI=1S/2C11H20N2O2.CH4/c2*1-7(2)8(3)9(4)11(13-15-6)10(5)12-14;/h2*9,14H,1-6H3;1H4/b2*12-10+,13-11+;. The van der Waals surface area contributed by atoms with Gasteiger partial charge >= 0.3 is 0 Å². The molecule has 2 N–H and O–H groups in total. The van der Waals surface area contributed by atoms with Crippen LogP contribution in [0.4, 0.5) is 0 Å². The van der Waals surface area contributed by atoms with Crippen LogP contribution in [0.15, 0.2) is 42.9 Å². The molecule has 0 fully saturated rings. The van der Waals surface area contributed by atoms with Crippen LogP contribution < -0.4 is 0 Å². The van der Waals surface area contributed by atoms with Crippen molar-refractivity contribution in [3.63, 3.8) is 0 Å². The molecule has 8 heteroatoms. The van der Waals surface area contributed by atoms with Gasteiger partial charge in [-0.3, -0.25) is 0 Å². The largest absolute Gasteiger partial charge is 0.411 e. The zero-order valence-corrected chi connectivity index (χ0v) is 20.7. The average molecular weight is 441 g/mol. The van der Waals surface area contributed by atoms with Gasteiger partial charge in [0.1, 0.15) is 37.1 Å².